The van der Waals surface area contributed by atoms with E-state index in [9.17, 15) is 0 Å². The standard InChI is InChI=1S/C11H15ClOS/c1-4-9-11(12)8(3)10(14-9)6-7-13-5-2/h6-7H,4-5H2,1-3H3/b7-6+. The predicted octanol–water partition coefficient (Wildman–Crippen LogP) is 4.28. The van der Waals surface area contributed by atoms with Crippen LogP contribution in [0.1, 0.15) is 29.2 Å². The summed E-state index contributed by atoms with van der Waals surface area (Å²) in [5.41, 5.74) is 1.16. The Hall–Kier alpha value is -0.470. The first-order valence-electron chi connectivity index (χ1n) is 4.76. The third-order valence-electron chi connectivity index (χ3n) is 1.98. The van der Waals surface area contributed by atoms with Crippen LogP contribution in [0.3, 0.4) is 0 Å². The van der Waals surface area contributed by atoms with Gasteiger partial charge in [-0.1, -0.05) is 18.5 Å². The Labute approximate surface area is 94.4 Å². The molecule has 0 fully saturated rings. The van der Waals surface area contributed by atoms with Gasteiger partial charge in [0.05, 0.1) is 17.9 Å². The minimum atomic E-state index is 0.704. The molecule has 0 amide bonds. The van der Waals surface area contributed by atoms with Crippen LogP contribution < -0.4 is 0 Å². The van der Waals surface area contributed by atoms with Crippen LogP contribution >= 0.6 is 22.9 Å². The molecule has 1 heterocycles. The fourth-order valence-electron chi connectivity index (χ4n) is 1.16. The fourth-order valence-corrected chi connectivity index (χ4v) is 2.60. The summed E-state index contributed by atoms with van der Waals surface area (Å²) >= 11 is 7.90. The molecule has 1 aromatic heterocycles. The highest BCUT2D eigenvalue weighted by Crippen LogP contribution is 2.33. The van der Waals surface area contributed by atoms with Gasteiger partial charge in [-0.3, -0.25) is 0 Å². The van der Waals surface area contributed by atoms with Gasteiger partial charge in [0.15, 0.2) is 0 Å². The van der Waals surface area contributed by atoms with Crippen molar-refractivity contribution in [3.8, 4) is 0 Å². The van der Waals surface area contributed by atoms with E-state index in [-0.39, 0.29) is 0 Å². The molecule has 14 heavy (non-hydrogen) atoms. The molecule has 0 N–H and O–H groups in total. The van der Waals surface area contributed by atoms with Crippen LogP contribution in [0.15, 0.2) is 6.26 Å². The molecule has 0 atom stereocenters. The second-order valence-corrected chi connectivity index (χ2v) is 4.45. The number of aryl methyl sites for hydroxylation is 1. The SMILES string of the molecule is CCO/C=C/c1sc(CC)c(Cl)c1C. The normalized spacial score (nSPS) is 11.1. The molecular formula is C11H15ClOS. The summed E-state index contributed by atoms with van der Waals surface area (Å²) in [6.45, 7) is 6.84. The molecule has 3 heteroatoms. The number of ether oxygens (including phenoxy) is 1. The summed E-state index contributed by atoms with van der Waals surface area (Å²) < 4.78 is 5.16. The van der Waals surface area contributed by atoms with Crippen molar-refractivity contribution < 1.29 is 4.74 Å². The summed E-state index contributed by atoms with van der Waals surface area (Å²) in [5.74, 6) is 0. The van der Waals surface area contributed by atoms with Gasteiger partial charge in [0.25, 0.3) is 0 Å². The van der Waals surface area contributed by atoms with E-state index in [0.717, 1.165) is 17.0 Å². The molecule has 0 unspecified atom stereocenters. The van der Waals surface area contributed by atoms with Crippen LogP contribution in [0.25, 0.3) is 6.08 Å². The number of thiophene rings is 1. The lowest BCUT2D eigenvalue weighted by molar-refractivity contribution is 0.272. The topological polar surface area (TPSA) is 9.23 Å². The number of hydrogen-bond donors (Lipinski definition) is 0. The maximum absolute atomic E-state index is 6.16. The van der Waals surface area contributed by atoms with Gasteiger partial charge in [0, 0.05) is 9.75 Å². The number of hydrogen-bond acceptors (Lipinski definition) is 2. The zero-order valence-electron chi connectivity index (χ0n) is 8.76. The van der Waals surface area contributed by atoms with Gasteiger partial charge in [0.2, 0.25) is 0 Å². The van der Waals surface area contributed by atoms with E-state index in [0.29, 0.717) is 6.61 Å². The highest BCUT2D eigenvalue weighted by Gasteiger charge is 2.09. The molecule has 1 aromatic rings. The zero-order chi connectivity index (χ0) is 10.6. The van der Waals surface area contributed by atoms with Crippen molar-refractivity contribution in [2.75, 3.05) is 6.61 Å². The minimum Gasteiger partial charge on any atom is -0.501 e. The minimum absolute atomic E-state index is 0.704. The first-order valence-corrected chi connectivity index (χ1v) is 5.96. The molecule has 0 aliphatic heterocycles. The van der Waals surface area contributed by atoms with Gasteiger partial charge >= 0.3 is 0 Å². The summed E-state index contributed by atoms with van der Waals surface area (Å²) in [7, 11) is 0. The van der Waals surface area contributed by atoms with Crippen LogP contribution in [0.5, 0.6) is 0 Å². The molecule has 0 radical (unpaired) electrons. The lowest BCUT2D eigenvalue weighted by atomic mass is 10.2. The van der Waals surface area contributed by atoms with Crippen LogP contribution in [0, 0.1) is 6.92 Å². The summed E-state index contributed by atoms with van der Waals surface area (Å²) in [5, 5.41) is 0.911. The van der Waals surface area contributed by atoms with Crippen LogP contribution in [-0.2, 0) is 11.2 Å². The molecule has 78 valence electrons. The van der Waals surface area contributed by atoms with Crippen molar-refractivity contribution in [2.45, 2.75) is 27.2 Å². The molecule has 0 aromatic carbocycles. The average Bonchev–Trinajstić information content (AvgIpc) is 2.46. The molecule has 0 aliphatic carbocycles. The van der Waals surface area contributed by atoms with Crippen molar-refractivity contribution in [1.82, 2.24) is 0 Å². The van der Waals surface area contributed by atoms with E-state index in [1.54, 1.807) is 17.6 Å². The van der Waals surface area contributed by atoms with Crippen molar-refractivity contribution in [2.24, 2.45) is 0 Å². The lowest BCUT2D eigenvalue weighted by Gasteiger charge is -1.92. The molecule has 0 saturated carbocycles. The van der Waals surface area contributed by atoms with E-state index in [2.05, 4.69) is 6.92 Å². The van der Waals surface area contributed by atoms with Crippen LogP contribution in [-0.4, -0.2) is 6.61 Å². The second-order valence-electron chi connectivity index (χ2n) is 2.94. The van der Waals surface area contributed by atoms with E-state index < -0.39 is 0 Å². The summed E-state index contributed by atoms with van der Waals surface area (Å²) in [4.78, 5) is 2.45. The average molecular weight is 231 g/mol. The van der Waals surface area contributed by atoms with E-state index >= 15 is 0 Å². The maximum Gasteiger partial charge on any atom is 0.0845 e. The van der Waals surface area contributed by atoms with Gasteiger partial charge in [0.1, 0.15) is 0 Å². The Balaban J connectivity index is 2.87. The summed E-state index contributed by atoms with van der Waals surface area (Å²) in [6, 6.07) is 0. The number of halogens is 1. The van der Waals surface area contributed by atoms with E-state index in [1.807, 2.05) is 19.9 Å². The largest absolute Gasteiger partial charge is 0.501 e. The van der Waals surface area contributed by atoms with Gasteiger partial charge in [-0.05, 0) is 31.9 Å². The Morgan fingerprint density at radius 2 is 2.14 bits per heavy atom. The van der Waals surface area contributed by atoms with Gasteiger partial charge in [-0.15, -0.1) is 11.3 Å². The smallest absolute Gasteiger partial charge is 0.0845 e. The first kappa shape index (κ1) is 11.6. The predicted molar refractivity (Wildman–Crippen MR) is 64.1 cm³/mol. The maximum atomic E-state index is 6.16. The summed E-state index contributed by atoms with van der Waals surface area (Å²) in [6.07, 6.45) is 4.70. The Kier molecular flexibility index (Phi) is 4.49. The van der Waals surface area contributed by atoms with Gasteiger partial charge in [-0.2, -0.15) is 0 Å². The fraction of sp³-hybridized carbons (Fsp3) is 0.455. The van der Waals surface area contributed by atoms with Crippen molar-refractivity contribution in [1.29, 1.82) is 0 Å². The van der Waals surface area contributed by atoms with E-state index in [1.165, 1.54) is 9.75 Å². The third-order valence-corrected chi connectivity index (χ3v) is 4.01. The van der Waals surface area contributed by atoms with Gasteiger partial charge < -0.3 is 4.74 Å². The highest BCUT2D eigenvalue weighted by atomic mass is 35.5. The first-order chi connectivity index (χ1) is 6.70. The lowest BCUT2D eigenvalue weighted by Crippen LogP contribution is -1.76. The molecule has 0 bridgehead atoms. The van der Waals surface area contributed by atoms with Crippen molar-refractivity contribution in [3.63, 3.8) is 0 Å². The quantitative estimate of drug-likeness (QED) is 0.702. The van der Waals surface area contributed by atoms with Gasteiger partial charge in [-0.25, -0.2) is 0 Å². The van der Waals surface area contributed by atoms with Crippen LogP contribution in [0.2, 0.25) is 5.02 Å². The molecule has 0 saturated heterocycles. The van der Waals surface area contributed by atoms with Crippen molar-refractivity contribution in [3.05, 3.63) is 26.6 Å². The van der Waals surface area contributed by atoms with Crippen LogP contribution in [0.4, 0.5) is 0 Å². The Bertz CT molecular complexity index is 328. The van der Waals surface area contributed by atoms with E-state index in [4.69, 9.17) is 16.3 Å². The highest BCUT2D eigenvalue weighted by molar-refractivity contribution is 7.13. The van der Waals surface area contributed by atoms with Crippen molar-refractivity contribution >= 4 is 29.0 Å². The molecule has 1 rings (SSSR count). The monoisotopic (exact) mass is 230 g/mol. The number of rotatable bonds is 4. The Morgan fingerprint density at radius 1 is 1.43 bits per heavy atom. The second kappa shape index (κ2) is 5.42. The molecular weight excluding hydrogens is 216 g/mol. The molecule has 0 spiro atoms. The molecule has 0 aliphatic rings. The molecule has 1 nitrogen and oxygen atoms in total. The zero-order valence-corrected chi connectivity index (χ0v) is 10.3. The Morgan fingerprint density at radius 3 is 2.64 bits per heavy atom. The third kappa shape index (κ3) is 2.52.